The van der Waals surface area contributed by atoms with E-state index in [1.165, 1.54) is 0 Å². The summed E-state index contributed by atoms with van der Waals surface area (Å²) in [5.41, 5.74) is 7.69. The number of rotatable bonds is 2. The first-order chi connectivity index (χ1) is 7.58. The quantitative estimate of drug-likeness (QED) is 0.848. The molecule has 1 heterocycles. The molecule has 16 heavy (non-hydrogen) atoms. The fraction of sp³-hybridized carbons (Fsp3) is 0.182. The lowest BCUT2D eigenvalue weighted by Gasteiger charge is -2.09. The zero-order valence-corrected chi connectivity index (χ0v) is 11.6. The van der Waals surface area contributed by atoms with Crippen LogP contribution in [-0.2, 0) is 0 Å². The Balaban J connectivity index is 2.44. The van der Waals surface area contributed by atoms with Crippen LogP contribution >= 0.6 is 34.2 Å². The molecule has 0 bridgehead atoms. The standard InChI is InChI=1S/C11H11ClIN3/c1-7(14)8-2-3-11(10(12)4-8)16-6-9(13)5-15-16/h2-7H,14H2,1H3. The summed E-state index contributed by atoms with van der Waals surface area (Å²) in [5.74, 6) is 0. The van der Waals surface area contributed by atoms with Gasteiger partial charge in [-0.25, -0.2) is 4.68 Å². The molecule has 1 aromatic carbocycles. The minimum Gasteiger partial charge on any atom is -0.324 e. The predicted molar refractivity (Wildman–Crippen MR) is 73.9 cm³/mol. The Morgan fingerprint density at radius 2 is 2.25 bits per heavy atom. The van der Waals surface area contributed by atoms with Crippen LogP contribution in [0.5, 0.6) is 0 Å². The van der Waals surface area contributed by atoms with Crippen LogP contribution < -0.4 is 5.73 Å². The molecule has 0 amide bonds. The molecule has 2 N–H and O–H groups in total. The van der Waals surface area contributed by atoms with Gasteiger partial charge in [-0.2, -0.15) is 5.10 Å². The van der Waals surface area contributed by atoms with E-state index in [0.29, 0.717) is 5.02 Å². The molecule has 2 aromatic rings. The van der Waals surface area contributed by atoms with Gasteiger partial charge in [0.2, 0.25) is 0 Å². The molecule has 0 radical (unpaired) electrons. The van der Waals surface area contributed by atoms with E-state index in [1.54, 1.807) is 10.9 Å². The summed E-state index contributed by atoms with van der Waals surface area (Å²) >= 11 is 8.41. The minimum absolute atomic E-state index is 0.00990. The van der Waals surface area contributed by atoms with E-state index in [9.17, 15) is 0 Å². The van der Waals surface area contributed by atoms with Gasteiger partial charge in [0.05, 0.1) is 20.5 Å². The van der Waals surface area contributed by atoms with E-state index >= 15 is 0 Å². The lowest BCUT2D eigenvalue weighted by Crippen LogP contribution is -2.05. The summed E-state index contributed by atoms with van der Waals surface area (Å²) in [6.45, 7) is 1.93. The van der Waals surface area contributed by atoms with Crippen LogP contribution in [0.2, 0.25) is 5.02 Å². The molecule has 0 spiro atoms. The highest BCUT2D eigenvalue weighted by molar-refractivity contribution is 14.1. The Bertz CT molecular complexity index is 508. The van der Waals surface area contributed by atoms with Gasteiger partial charge in [0, 0.05) is 12.2 Å². The maximum Gasteiger partial charge on any atom is 0.0832 e. The Kier molecular flexibility index (Phi) is 3.51. The fourth-order valence-electron chi connectivity index (χ4n) is 1.42. The van der Waals surface area contributed by atoms with E-state index in [0.717, 1.165) is 14.8 Å². The van der Waals surface area contributed by atoms with Gasteiger partial charge >= 0.3 is 0 Å². The van der Waals surface area contributed by atoms with Crippen molar-refractivity contribution >= 4 is 34.2 Å². The number of benzene rings is 1. The summed E-state index contributed by atoms with van der Waals surface area (Å²) in [4.78, 5) is 0. The highest BCUT2D eigenvalue weighted by Gasteiger charge is 2.07. The van der Waals surface area contributed by atoms with Crippen LogP contribution in [0.4, 0.5) is 0 Å². The van der Waals surface area contributed by atoms with Crippen LogP contribution in [-0.4, -0.2) is 9.78 Å². The maximum absolute atomic E-state index is 6.20. The fourth-order valence-corrected chi connectivity index (χ4v) is 2.09. The SMILES string of the molecule is CC(N)c1ccc(-n2cc(I)cn2)c(Cl)c1. The third-order valence-corrected chi connectivity index (χ3v) is 3.16. The first-order valence-electron chi connectivity index (χ1n) is 4.83. The summed E-state index contributed by atoms with van der Waals surface area (Å²) in [6.07, 6.45) is 3.71. The van der Waals surface area contributed by atoms with Crippen molar-refractivity contribution in [2.75, 3.05) is 0 Å². The van der Waals surface area contributed by atoms with Gasteiger partial charge in [0.1, 0.15) is 0 Å². The third kappa shape index (κ3) is 2.39. The van der Waals surface area contributed by atoms with Gasteiger partial charge in [-0.3, -0.25) is 0 Å². The van der Waals surface area contributed by atoms with Crippen LogP contribution in [0.15, 0.2) is 30.6 Å². The monoisotopic (exact) mass is 347 g/mol. The molecule has 0 saturated heterocycles. The highest BCUT2D eigenvalue weighted by Crippen LogP contribution is 2.24. The number of nitrogens with zero attached hydrogens (tertiary/aromatic N) is 2. The van der Waals surface area contributed by atoms with Crippen LogP contribution in [0.1, 0.15) is 18.5 Å². The molecule has 3 nitrogen and oxygen atoms in total. The van der Waals surface area contributed by atoms with E-state index in [2.05, 4.69) is 27.7 Å². The number of aromatic nitrogens is 2. The molecule has 0 fully saturated rings. The zero-order chi connectivity index (χ0) is 11.7. The Morgan fingerprint density at radius 1 is 1.50 bits per heavy atom. The number of nitrogens with two attached hydrogens (primary N) is 1. The van der Waals surface area contributed by atoms with Crippen molar-refractivity contribution < 1.29 is 0 Å². The second-order valence-electron chi connectivity index (χ2n) is 3.60. The average molecular weight is 348 g/mol. The zero-order valence-electron chi connectivity index (χ0n) is 8.69. The van der Waals surface area contributed by atoms with E-state index in [1.807, 2.05) is 31.3 Å². The van der Waals surface area contributed by atoms with E-state index in [4.69, 9.17) is 17.3 Å². The smallest absolute Gasteiger partial charge is 0.0832 e. The molecule has 0 aliphatic carbocycles. The van der Waals surface area contributed by atoms with Crippen molar-refractivity contribution in [3.63, 3.8) is 0 Å². The molecule has 84 valence electrons. The molecule has 1 atom stereocenters. The second kappa shape index (κ2) is 4.73. The molecule has 2 rings (SSSR count). The van der Waals surface area contributed by atoms with Gasteiger partial charge in [-0.05, 0) is 47.2 Å². The molecule has 0 aliphatic rings. The number of hydrogen-bond donors (Lipinski definition) is 1. The van der Waals surface area contributed by atoms with Crippen LogP contribution in [0.3, 0.4) is 0 Å². The summed E-state index contributed by atoms with van der Waals surface area (Å²) in [5, 5.41) is 4.88. The highest BCUT2D eigenvalue weighted by atomic mass is 127. The Labute approximate surface area is 113 Å². The summed E-state index contributed by atoms with van der Waals surface area (Å²) in [6, 6.07) is 5.78. The summed E-state index contributed by atoms with van der Waals surface area (Å²) < 4.78 is 2.83. The minimum atomic E-state index is -0.00990. The lowest BCUT2D eigenvalue weighted by atomic mass is 10.1. The number of hydrogen-bond acceptors (Lipinski definition) is 2. The van der Waals surface area contributed by atoms with Crippen molar-refractivity contribution in [3.8, 4) is 5.69 Å². The van der Waals surface area contributed by atoms with Gasteiger partial charge in [-0.15, -0.1) is 0 Å². The Hall–Kier alpha value is -0.590. The molecular formula is C11H11ClIN3. The number of halogens is 2. The van der Waals surface area contributed by atoms with Gasteiger partial charge in [0.25, 0.3) is 0 Å². The Morgan fingerprint density at radius 3 is 2.75 bits per heavy atom. The van der Waals surface area contributed by atoms with Crippen molar-refractivity contribution in [2.45, 2.75) is 13.0 Å². The van der Waals surface area contributed by atoms with Gasteiger partial charge in [0.15, 0.2) is 0 Å². The normalized spacial score (nSPS) is 12.8. The molecule has 5 heteroatoms. The maximum atomic E-state index is 6.20. The van der Waals surface area contributed by atoms with Crippen molar-refractivity contribution in [1.82, 2.24) is 9.78 Å². The second-order valence-corrected chi connectivity index (χ2v) is 5.26. The van der Waals surface area contributed by atoms with E-state index in [-0.39, 0.29) is 6.04 Å². The van der Waals surface area contributed by atoms with Crippen molar-refractivity contribution in [2.24, 2.45) is 5.73 Å². The predicted octanol–water partition coefficient (Wildman–Crippen LogP) is 3.15. The van der Waals surface area contributed by atoms with Gasteiger partial charge < -0.3 is 5.73 Å². The van der Waals surface area contributed by atoms with E-state index < -0.39 is 0 Å². The largest absolute Gasteiger partial charge is 0.324 e. The van der Waals surface area contributed by atoms with Crippen molar-refractivity contribution in [1.29, 1.82) is 0 Å². The molecule has 0 saturated carbocycles. The molecule has 1 unspecified atom stereocenters. The average Bonchev–Trinajstić information content (AvgIpc) is 2.64. The summed E-state index contributed by atoms with van der Waals surface area (Å²) in [7, 11) is 0. The van der Waals surface area contributed by atoms with Crippen LogP contribution in [0.25, 0.3) is 5.69 Å². The first-order valence-corrected chi connectivity index (χ1v) is 6.29. The molecule has 1 aromatic heterocycles. The molecular weight excluding hydrogens is 336 g/mol. The van der Waals surface area contributed by atoms with Crippen LogP contribution in [0, 0.1) is 3.57 Å². The topological polar surface area (TPSA) is 43.8 Å². The molecule has 0 aliphatic heterocycles. The third-order valence-electron chi connectivity index (χ3n) is 2.30. The van der Waals surface area contributed by atoms with Crippen molar-refractivity contribution in [3.05, 3.63) is 44.7 Å². The lowest BCUT2D eigenvalue weighted by molar-refractivity contribution is 0.814. The van der Waals surface area contributed by atoms with Gasteiger partial charge in [-0.1, -0.05) is 17.7 Å². The first kappa shape index (κ1) is 11.9.